The van der Waals surface area contributed by atoms with Crippen LogP contribution >= 0.6 is 0 Å². The molecule has 0 heterocycles. The minimum atomic E-state index is -0.537. The Hall–Kier alpha value is -1.24. The van der Waals surface area contributed by atoms with Crippen LogP contribution in [0.3, 0.4) is 0 Å². The molecule has 0 aromatic carbocycles. The van der Waals surface area contributed by atoms with Gasteiger partial charge in [0.1, 0.15) is 5.78 Å². The lowest BCUT2D eigenvalue weighted by Crippen LogP contribution is -2.31. The van der Waals surface area contributed by atoms with E-state index >= 15 is 0 Å². The second-order valence-corrected chi connectivity index (χ2v) is 8.46. The molecule has 0 spiro atoms. The lowest BCUT2D eigenvalue weighted by Gasteiger charge is -2.30. The fraction of sp³-hybridized carbons (Fsp3) is 0.895. The molecule has 130 valence electrons. The van der Waals surface area contributed by atoms with Gasteiger partial charge in [-0.15, -0.1) is 0 Å². The van der Waals surface area contributed by atoms with Crippen molar-refractivity contribution in [2.75, 3.05) is 0 Å². The molecule has 2 saturated carbocycles. The molecule has 0 amide bonds. The van der Waals surface area contributed by atoms with Crippen molar-refractivity contribution in [3.8, 4) is 6.07 Å². The van der Waals surface area contributed by atoms with Gasteiger partial charge in [-0.1, -0.05) is 20.3 Å². The molecule has 0 saturated heterocycles. The minimum absolute atomic E-state index is 0.176. The molecule has 2 aliphatic rings. The van der Waals surface area contributed by atoms with Crippen LogP contribution in [0, 0.1) is 23.2 Å². The van der Waals surface area contributed by atoms with Crippen molar-refractivity contribution in [2.45, 2.75) is 97.1 Å². The van der Waals surface area contributed by atoms with E-state index in [4.69, 9.17) is 0 Å². The highest BCUT2D eigenvalue weighted by molar-refractivity contribution is 5.79. The number of carbonyl (C=O) groups is 1. The van der Waals surface area contributed by atoms with Crippen molar-refractivity contribution in [1.29, 1.82) is 5.26 Å². The van der Waals surface area contributed by atoms with E-state index in [1.165, 1.54) is 12.8 Å². The Labute approximate surface area is 141 Å². The summed E-state index contributed by atoms with van der Waals surface area (Å²) in [5.74, 6) is 1.72. The smallest absolute Gasteiger partial charge is 0.167 e. The van der Waals surface area contributed by atoms with Crippen molar-refractivity contribution < 1.29 is 4.79 Å². The summed E-state index contributed by atoms with van der Waals surface area (Å²) in [7, 11) is 0. The lowest BCUT2D eigenvalue weighted by molar-refractivity contribution is -0.121. The van der Waals surface area contributed by atoms with Gasteiger partial charge >= 0.3 is 0 Å². The Balaban J connectivity index is 0.000000277. The van der Waals surface area contributed by atoms with E-state index in [1.807, 2.05) is 20.8 Å². The molecule has 3 atom stereocenters. The molecular formula is C19H33N3O. The molecule has 0 aromatic rings. The molecule has 4 heteroatoms. The molecule has 4 nitrogen and oxygen atoms in total. The second kappa shape index (κ2) is 8.57. The first-order valence-electron chi connectivity index (χ1n) is 9.03. The van der Waals surface area contributed by atoms with Crippen LogP contribution in [0.5, 0.6) is 0 Å². The van der Waals surface area contributed by atoms with Gasteiger partial charge in [-0.05, 0) is 64.7 Å². The zero-order valence-electron chi connectivity index (χ0n) is 15.6. The maximum Gasteiger partial charge on any atom is 0.167 e. The average Bonchev–Trinajstić information content (AvgIpc) is 2.45. The molecule has 0 aromatic heterocycles. The second-order valence-electron chi connectivity index (χ2n) is 8.46. The molecule has 2 fully saturated rings. The first kappa shape index (κ1) is 19.8. The number of ketones is 1. The number of azo groups is 1. The summed E-state index contributed by atoms with van der Waals surface area (Å²) in [6, 6.07) is 2.36. The predicted octanol–water partition coefficient (Wildman–Crippen LogP) is 5.48. The Morgan fingerprint density at radius 2 is 1.83 bits per heavy atom. The lowest BCUT2D eigenvalue weighted by atomic mass is 9.78. The normalized spacial score (nSPS) is 32.1. The highest BCUT2D eigenvalue weighted by atomic mass is 16.1. The monoisotopic (exact) mass is 319 g/mol. The molecule has 0 N–H and O–H groups in total. The van der Waals surface area contributed by atoms with Gasteiger partial charge in [0, 0.05) is 12.8 Å². The van der Waals surface area contributed by atoms with Crippen LogP contribution in [0.25, 0.3) is 0 Å². The summed E-state index contributed by atoms with van der Waals surface area (Å²) in [4.78, 5) is 10.7. The Morgan fingerprint density at radius 3 is 2.26 bits per heavy atom. The summed E-state index contributed by atoms with van der Waals surface area (Å²) in [5.41, 5.74) is -0.713. The number of Topliss-reactive ketones (excluding diaryl/α,β-unsaturated/α-hetero) is 1. The van der Waals surface area contributed by atoms with Crippen molar-refractivity contribution in [1.82, 2.24) is 0 Å². The molecule has 2 aliphatic carbocycles. The molecule has 2 rings (SSSR count). The Kier molecular flexibility index (Phi) is 7.38. The van der Waals surface area contributed by atoms with E-state index in [9.17, 15) is 10.1 Å². The summed E-state index contributed by atoms with van der Waals surface area (Å²) in [6.45, 7) is 10.4. The van der Waals surface area contributed by atoms with Gasteiger partial charge < -0.3 is 0 Å². The van der Waals surface area contributed by atoms with Crippen molar-refractivity contribution >= 4 is 5.78 Å². The molecular weight excluding hydrogens is 286 g/mol. The third-order valence-electron chi connectivity index (χ3n) is 4.45. The standard InChI is InChI=1S/C12H21N3.C7H12O/c1-10-6-5-7-12(8-10,9-13)15-14-11(2,3)4;1-6-3-2-4-7(8)5-6/h10H,5-8H2,1-4H3;6H,2-5H2,1H3. The molecule has 3 unspecified atom stereocenters. The van der Waals surface area contributed by atoms with Gasteiger partial charge in [0.25, 0.3) is 0 Å². The van der Waals surface area contributed by atoms with Gasteiger partial charge in [-0.2, -0.15) is 15.5 Å². The summed E-state index contributed by atoms with van der Waals surface area (Å²) in [5, 5.41) is 17.8. The number of nitriles is 1. The van der Waals surface area contributed by atoms with Crippen LogP contribution in [0.1, 0.15) is 86.0 Å². The zero-order chi connectivity index (χ0) is 17.5. The molecule has 0 bridgehead atoms. The third-order valence-corrected chi connectivity index (χ3v) is 4.45. The summed E-state index contributed by atoms with van der Waals surface area (Å²) < 4.78 is 0. The fourth-order valence-electron chi connectivity index (χ4n) is 3.22. The Bertz CT molecular complexity index is 458. The number of carbonyl (C=O) groups excluding carboxylic acids is 1. The highest BCUT2D eigenvalue weighted by Crippen LogP contribution is 2.35. The SMILES string of the molecule is CC1CCCC(=O)C1.CC1CCCC(C#N)(N=NC(C)(C)C)C1. The van der Waals surface area contributed by atoms with Gasteiger partial charge in [-0.3, -0.25) is 4.79 Å². The van der Waals surface area contributed by atoms with Crippen LogP contribution in [0.4, 0.5) is 0 Å². The maximum atomic E-state index is 10.7. The first-order valence-corrected chi connectivity index (χ1v) is 9.03. The van der Waals surface area contributed by atoms with E-state index in [2.05, 4.69) is 30.1 Å². The summed E-state index contributed by atoms with van der Waals surface area (Å²) >= 11 is 0. The number of nitrogens with zero attached hydrogens (tertiary/aromatic N) is 3. The van der Waals surface area contributed by atoms with Gasteiger partial charge in [0.05, 0.1) is 11.6 Å². The van der Waals surface area contributed by atoms with E-state index in [-0.39, 0.29) is 5.54 Å². The van der Waals surface area contributed by atoms with Crippen molar-refractivity contribution in [3.05, 3.63) is 0 Å². The maximum absolute atomic E-state index is 10.7. The van der Waals surface area contributed by atoms with Crippen LogP contribution in [0.15, 0.2) is 10.2 Å². The number of rotatable bonds is 1. The topological polar surface area (TPSA) is 65.6 Å². The van der Waals surface area contributed by atoms with E-state index < -0.39 is 5.54 Å². The predicted molar refractivity (Wildman–Crippen MR) is 93.2 cm³/mol. The zero-order valence-corrected chi connectivity index (χ0v) is 15.6. The molecule has 23 heavy (non-hydrogen) atoms. The van der Waals surface area contributed by atoms with Crippen molar-refractivity contribution in [3.63, 3.8) is 0 Å². The quantitative estimate of drug-likeness (QED) is 0.601. The van der Waals surface area contributed by atoms with Crippen LogP contribution < -0.4 is 0 Å². The highest BCUT2D eigenvalue weighted by Gasteiger charge is 2.35. The average molecular weight is 319 g/mol. The van der Waals surface area contributed by atoms with Gasteiger partial charge in [-0.25, -0.2) is 0 Å². The van der Waals surface area contributed by atoms with Gasteiger partial charge in [0.2, 0.25) is 0 Å². The third kappa shape index (κ3) is 7.72. The van der Waals surface area contributed by atoms with E-state index in [0.717, 1.165) is 38.5 Å². The van der Waals surface area contributed by atoms with E-state index in [0.29, 0.717) is 17.6 Å². The van der Waals surface area contributed by atoms with Gasteiger partial charge in [0.15, 0.2) is 5.54 Å². The van der Waals surface area contributed by atoms with Crippen LogP contribution in [-0.2, 0) is 4.79 Å². The number of hydrogen-bond acceptors (Lipinski definition) is 4. The first-order chi connectivity index (χ1) is 10.7. The summed E-state index contributed by atoms with van der Waals surface area (Å²) in [6.07, 6.45) is 8.10. The number of hydrogen-bond donors (Lipinski definition) is 0. The van der Waals surface area contributed by atoms with Crippen LogP contribution in [0.2, 0.25) is 0 Å². The largest absolute Gasteiger partial charge is 0.300 e. The Morgan fingerprint density at radius 1 is 1.17 bits per heavy atom. The minimum Gasteiger partial charge on any atom is -0.300 e. The molecule has 0 aliphatic heterocycles. The fourth-order valence-corrected chi connectivity index (χ4v) is 3.22. The molecule has 0 radical (unpaired) electrons. The van der Waals surface area contributed by atoms with Crippen molar-refractivity contribution in [2.24, 2.45) is 22.1 Å². The van der Waals surface area contributed by atoms with Crippen LogP contribution in [-0.4, -0.2) is 16.9 Å². The van der Waals surface area contributed by atoms with E-state index in [1.54, 1.807) is 0 Å².